The summed E-state index contributed by atoms with van der Waals surface area (Å²) in [5.41, 5.74) is 2.90. The van der Waals surface area contributed by atoms with Gasteiger partial charge in [0, 0.05) is 26.2 Å². The molecule has 1 fully saturated rings. The third-order valence-corrected chi connectivity index (χ3v) is 8.25. The standard InChI is InChI=1S/C26H28FN4O3P/c1-33-35(32,34-23-7-3-2-4-8-23)30-17-15-22(16-18-30)28-26-29-24-9-5-6-10-25(24)31(26)19-20-11-13-21(27)14-12-20/h2-14,22H,15-19H2,1H3,(H,28,29). The van der Waals surface area contributed by atoms with Crippen molar-refractivity contribution in [1.82, 2.24) is 14.2 Å². The Bertz CT molecular complexity index is 1320. The number of halogens is 1. The molecular weight excluding hydrogens is 466 g/mol. The van der Waals surface area contributed by atoms with E-state index in [1.807, 2.05) is 42.5 Å². The van der Waals surface area contributed by atoms with Crippen LogP contribution in [0.2, 0.25) is 0 Å². The zero-order chi connectivity index (χ0) is 24.3. The Morgan fingerprint density at radius 3 is 2.40 bits per heavy atom. The summed E-state index contributed by atoms with van der Waals surface area (Å²) in [4.78, 5) is 4.82. The Balaban J connectivity index is 1.30. The molecule has 0 radical (unpaired) electrons. The average molecular weight is 495 g/mol. The summed E-state index contributed by atoms with van der Waals surface area (Å²) in [6, 6.07) is 23.8. The Hall–Kier alpha value is -3.19. The van der Waals surface area contributed by atoms with Gasteiger partial charge in [-0.05, 0) is 54.8 Å². The Kier molecular flexibility index (Phi) is 6.86. The molecular formula is C26H28FN4O3P. The van der Waals surface area contributed by atoms with Crippen LogP contribution >= 0.6 is 7.75 Å². The quantitative estimate of drug-likeness (QED) is 0.306. The van der Waals surface area contributed by atoms with Crippen molar-refractivity contribution in [2.45, 2.75) is 25.4 Å². The van der Waals surface area contributed by atoms with Gasteiger partial charge in [-0.1, -0.05) is 42.5 Å². The van der Waals surface area contributed by atoms with Gasteiger partial charge in [-0.3, -0.25) is 4.52 Å². The maximum absolute atomic E-state index is 13.4. The number of aromatic nitrogens is 2. The number of rotatable bonds is 8. The van der Waals surface area contributed by atoms with Gasteiger partial charge in [-0.25, -0.2) is 13.9 Å². The molecule has 1 aromatic heterocycles. The zero-order valence-electron chi connectivity index (χ0n) is 19.5. The number of nitrogens with one attached hydrogen (secondary N) is 1. The number of nitrogens with zero attached hydrogens (tertiary/aromatic N) is 3. The van der Waals surface area contributed by atoms with Crippen LogP contribution in [0.1, 0.15) is 18.4 Å². The lowest BCUT2D eigenvalue weighted by atomic mass is 10.1. The summed E-state index contributed by atoms with van der Waals surface area (Å²) in [5, 5.41) is 3.59. The molecule has 1 aliphatic rings. The molecule has 1 saturated heterocycles. The van der Waals surface area contributed by atoms with Crippen molar-refractivity contribution < 1.29 is 18.0 Å². The summed E-state index contributed by atoms with van der Waals surface area (Å²) in [5.74, 6) is 1.04. The first-order valence-electron chi connectivity index (χ1n) is 11.7. The second-order valence-corrected chi connectivity index (χ2v) is 10.6. The van der Waals surface area contributed by atoms with Gasteiger partial charge >= 0.3 is 7.75 Å². The highest BCUT2D eigenvalue weighted by atomic mass is 31.2. The molecule has 1 unspecified atom stereocenters. The van der Waals surface area contributed by atoms with E-state index < -0.39 is 7.75 Å². The van der Waals surface area contributed by atoms with Gasteiger partial charge in [0.1, 0.15) is 11.6 Å². The minimum Gasteiger partial charge on any atom is -0.413 e. The van der Waals surface area contributed by atoms with Crippen molar-refractivity contribution in [3.8, 4) is 5.75 Å². The zero-order valence-corrected chi connectivity index (χ0v) is 20.4. The van der Waals surface area contributed by atoms with Crippen molar-refractivity contribution in [2.75, 3.05) is 25.5 Å². The van der Waals surface area contributed by atoms with Gasteiger partial charge < -0.3 is 14.4 Å². The van der Waals surface area contributed by atoms with E-state index >= 15 is 0 Å². The molecule has 35 heavy (non-hydrogen) atoms. The number of benzene rings is 3. The number of fused-ring (bicyclic) bond motifs is 1. The van der Waals surface area contributed by atoms with E-state index in [-0.39, 0.29) is 11.9 Å². The van der Waals surface area contributed by atoms with Gasteiger partial charge in [0.15, 0.2) is 0 Å². The molecule has 0 aliphatic carbocycles. The molecule has 3 aromatic carbocycles. The fourth-order valence-corrected chi connectivity index (χ4v) is 5.91. The first kappa shape index (κ1) is 23.5. The van der Waals surface area contributed by atoms with Gasteiger partial charge in [0.25, 0.3) is 0 Å². The van der Waals surface area contributed by atoms with E-state index in [9.17, 15) is 8.96 Å². The predicted octanol–water partition coefficient (Wildman–Crippen LogP) is 5.93. The maximum atomic E-state index is 13.4. The van der Waals surface area contributed by atoms with E-state index in [4.69, 9.17) is 14.0 Å². The molecule has 4 aromatic rings. The minimum atomic E-state index is -3.44. The number of hydrogen-bond acceptors (Lipinski definition) is 5. The van der Waals surface area contributed by atoms with Gasteiger partial charge in [0.05, 0.1) is 17.6 Å². The van der Waals surface area contributed by atoms with Crippen LogP contribution < -0.4 is 9.84 Å². The first-order chi connectivity index (χ1) is 17.0. The lowest BCUT2D eigenvalue weighted by molar-refractivity contribution is 0.219. The molecule has 0 bridgehead atoms. The van der Waals surface area contributed by atoms with Crippen molar-refractivity contribution in [3.63, 3.8) is 0 Å². The summed E-state index contributed by atoms with van der Waals surface area (Å²) in [7, 11) is -2.01. The molecule has 7 nitrogen and oxygen atoms in total. The molecule has 2 heterocycles. The molecule has 1 atom stereocenters. The summed E-state index contributed by atoms with van der Waals surface area (Å²) < 4.78 is 41.8. The lowest BCUT2D eigenvalue weighted by Gasteiger charge is -2.35. The van der Waals surface area contributed by atoms with Crippen LogP contribution in [0.3, 0.4) is 0 Å². The monoisotopic (exact) mass is 494 g/mol. The van der Waals surface area contributed by atoms with E-state index in [2.05, 4.69) is 9.88 Å². The van der Waals surface area contributed by atoms with Crippen LogP contribution in [0.4, 0.5) is 10.3 Å². The largest absolute Gasteiger partial charge is 0.461 e. The van der Waals surface area contributed by atoms with Crippen LogP contribution in [-0.2, 0) is 15.6 Å². The molecule has 0 saturated carbocycles. The number of para-hydroxylation sites is 3. The van der Waals surface area contributed by atoms with Gasteiger partial charge in [-0.15, -0.1) is 0 Å². The molecule has 1 N–H and O–H groups in total. The average Bonchev–Trinajstić information content (AvgIpc) is 3.23. The smallest absolute Gasteiger partial charge is 0.413 e. The van der Waals surface area contributed by atoms with Gasteiger partial charge in [0.2, 0.25) is 5.95 Å². The van der Waals surface area contributed by atoms with Crippen molar-refractivity contribution >= 4 is 24.7 Å². The number of anilines is 1. The Morgan fingerprint density at radius 1 is 1.00 bits per heavy atom. The Labute approximate surface area is 204 Å². The maximum Gasteiger partial charge on any atom is 0.461 e. The van der Waals surface area contributed by atoms with E-state index in [0.717, 1.165) is 35.4 Å². The van der Waals surface area contributed by atoms with E-state index in [1.165, 1.54) is 19.2 Å². The molecule has 9 heteroatoms. The molecule has 0 amide bonds. The number of imidazole rings is 1. The third kappa shape index (κ3) is 5.25. The predicted molar refractivity (Wildman–Crippen MR) is 135 cm³/mol. The first-order valence-corrected chi connectivity index (χ1v) is 13.2. The summed E-state index contributed by atoms with van der Waals surface area (Å²) >= 11 is 0. The minimum absolute atomic E-state index is 0.150. The summed E-state index contributed by atoms with van der Waals surface area (Å²) in [6.45, 7) is 1.70. The fraction of sp³-hybridized carbons (Fsp3) is 0.269. The lowest BCUT2D eigenvalue weighted by Crippen LogP contribution is -2.39. The van der Waals surface area contributed by atoms with Crippen LogP contribution in [0.15, 0.2) is 78.9 Å². The van der Waals surface area contributed by atoms with Crippen LogP contribution in [0.5, 0.6) is 5.75 Å². The highest BCUT2D eigenvalue weighted by Crippen LogP contribution is 2.52. The van der Waals surface area contributed by atoms with Crippen molar-refractivity contribution in [3.05, 3.63) is 90.2 Å². The molecule has 1 aliphatic heterocycles. The second-order valence-electron chi connectivity index (χ2n) is 8.56. The van der Waals surface area contributed by atoms with Crippen molar-refractivity contribution in [2.24, 2.45) is 0 Å². The fourth-order valence-electron chi connectivity index (χ4n) is 4.38. The van der Waals surface area contributed by atoms with Crippen molar-refractivity contribution in [1.29, 1.82) is 0 Å². The number of hydrogen-bond donors (Lipinski definition) is 1. The van der Waals surface area contributed by atoms with Crippen LogP contribution in [0.25, 0.3) is 11.0 Å². The summed E-state index contributed by atoms with van der Waals surface area (Å²) in [6.07, 6.45) is 1.51. The SMILES string of the molecule is COP(=O)(Oc1ccccc1)N1CCC(Nc2nc3ccccc3n2Cc2ccc(F)cc2)CC1. The van der Waals surface area contributed by atoms with Crippen LogP contribution in [0, 0.1) is 5.82 Å². The molecule has 0 spiro atoms. The Morgan fingerprint density at radius 2 is 1.69 bits per heavy atom. The van der Waals surface area contributed by atoms with Gasteiger partial charge in [-0.2, -0.15) is 4.67 Å². The topological polar surface area (TPSA) is 68.6 Å². The van der Waals surface area contributed by atoms with Crippen LogP contribution in [-0.4, -0.2) is 40.5 Å². The normalized spacial score (nSPS) is 16.7. The molecule has 5 rings (SSSR count). The second kappa shape index (κ2) is 10.2. The highest BCUT2D eigenvalue weighted by molar-refractivity contribution is 7.51. The third-order valence-electron chi connectivity index (χ3n) is 6.25. The van der Waals surface area contributed by atoms with E-state index in [1.54, 1.807) is 28.9 Å². The number of piperidine rings is 1. The highest BCUT2D eigenvalue weighted by Gasteiger charge is 2.37. The molecule has 182 valence electrons. The van der Waals surface area contributed by atoms with E-state index in [0.29, 0.717) is 25.4 Å².